The van der Waals surface area contributed by atoms with Gasteiger partial charge in [0.2, 0.25) is 0 Å². The Labute approximate surface area is 114 Å². The van der Waals surface area contributed by atoms with Gasteiger partial charge in [-0.1, -0.05) is 41.1 Å². The van der Waals surface area contributed by atoms with E-state index in [2.05, 4.69) is 62.7 Å². The molecule has 1 heterocycles. The summed E-state index contributed by atoms with van der Waals surface area (Å²) in [4.78, 5) is 4.68. The lowest BCUT2D eigenvalue weighted by Gasteiger charge is -2.08. The largest absolute Gasteiger partial charge is 0.296 e. The van der Waals surface area contributed by atoms with Gasteiger partial charge in [-0.05, 0) is 30.3 Å². The molecule has 0 bridgehead atoms. The van der Waals surface area contributed by atoms with Gasteiger partial charge >= 0.3 is 0 Å². The Bertz CT molecular complexity index is 701. The van der Waals surface area contributed by atoms with Crippen molar-refractivity contribution < 1.29 is 0 Å². The lowest BCUT2D eigenvalue weighted by molar-refractivity contribution is 0.908. The molecule has 18 heavy (non-hydrogen) atoms. The molecule has 0 amide bonds. The van der Waals surface area contributed by atoms with Gasteiger partial charge in [0.25, 0.3) is 0 Å². The van der Waals surface area contributed by atoms with Crippen LogP contribution in [-0.4, -0.2) is 9.55 Å². The van der Waals surface area contributed by atoms with Crippen LogP contribution in [0.3, 0.4) is 0 Å². The Morgan fingerprint density at radius 3 is 2.72 bits per heavy atom. The molecule has 0 N–H and O–H groups in total. The number of hydrogen-bond acceptors (Lipinski definition) is 1. The highest BCUT2D eigenvalue weighted by atomic mass is 79.9. The van der Waals surface area contributed by atoms with Crippen molar-refractivity contribution in [2.45, 2.75) is 13.3 Å². The molecule has 0 saturated carbocycles. The highest BCUT2D eigenvalue weighted by molar-refractivity contribution is 9.10. The zero-order valence-electron chi connectivity index (χ0n) is 10.1. The molecule has 0 aliphatic carbocycles. The zero-order valence-corrected chi connectivity index (χ0v) is 11.7. The molecule has 0 saturated heterocycles. The van der Waals surface area contributed by atoms with Crippen LogP contribution in [-0.2, 0) is 6.42 Å². The molecule has 0 fully saturated rings. The predicted molar refractivity (Wildman–Crippen MR) is 78.1 cm³/mol. The van der Waals surface area contributed by atoms with E-state index in [0.717, 1.165) is 33.4 Å². The summed E-state index contributed by atoms with van der Waals surface area (Å²) in [6, 6.07) is 16.6. The second kappa shape index (κ2) is 4.58. The third kappa shape index (κ3) is 1.85. The van der Waals surface area contributed by atoms with E-state index in [1.165, 1.54) is 0 Å². The van der Waals surface area contributed by atoms with Gasteiger partial charge < -0.3 is 0 Å². The fraction of sp³-hybridized carbons (Fsp3) is 0.133. The van der Waals surface area contributed by atoms with Crippen molar-refractivity contribution in [1.29, 1.82) is 0 Å². The van der Waals surface area contributed by atoms with Crippen molar-refractivity contribution in [2.24, 2.45) is 0 Å². The summed E-state index contributed by atoms with van der Waals surface area (Å²) in [6.07, 6.45) is 0.918. The van der Waals surface area contributed by atoms with Gasteiger partial charge in [-0.3, -0.25) is 4.57 Å². The van der Waals surface area contributed by atoms with E-state index in [9.17, 15) is 0 Å². The first-order valence-electron chi connectivity index (χ1n) is 6.02. The van der Waals surface area contributed by atoms with Crippen molar-refractivity contribution in [1.82, 2.24) is 9.55 Å². The summed E-state index contributed by atoms with van der Waals surface area (Å²) in [5.41, 5.74) is 3.36. The van der Waals surface area contributed by atoms with Crippen LogP contribution >= 0.6 is 15.9 Å². The van der Waals surface area contributed by atoms with Crippen LogP contribution in [0.5, 0.6) is 0 Å². The van der Waals surface area contributed by atoms with Crippen LogP contribution in [0.1, 0.15) is 12.7 Å². The van der Waals surface area contributed by atoms with E-state index in [1.54, 1.807) is 0 Å². The van der Waals surface area contributed by atoms with Crippen molar-refractivity contribution in [3.05, 3.63) is 58.8 Å². The number of halogens is 1. The third-order valence-corrected chi connectivity index (χ3v) is 3.51. The zero-order chi connectivity index (χ0) is 12.5. The number of para-hydroxylation sites is 2. The fourth-order valence-electron chi connectivity index (χ4n) is 2.22. The molecule has 0 unspecified atom stereocenters. The van der Waals surface area contributed by atoms with E-state index >= 15 is 0 Å². The topological polar surface area (TPSA) is 17.8 Å². The summed E-state index contributed by atoms with van der Waals surface area (Å²) in [5.74, 6) is 1.09. The molecule has 2 nitrogen and oxygen atoms in total. The van der Waals surface area contributed by atoms with Crippen LogP contribution in [0, 0.1) is 0 Å². The van der Waals surface area contributed by atoms with E-state index in [1.807, 2.05) is 18.2 Å². The molecule has 0 aliphatic heterocycles. The Balaban J connectivity index is 2.33. The van der Waals surface area contributed by atoms with Gasteiger partial charge in [-0.2, -0.15) is 0 Å². The van der Waals surface area contributed by atoms with Gasteiger partial charge in [-0.25, -0.2) is 4.98 Å². The van der Waals surface area contributed by atoms with Crippen LogP contribution in [0.25, 0.3) is 16.7 Å². The first-order chi connectivity index (χ1) is 8.79. The maximum atomic E-state index is 4.68. The molecule has 3 rings (SSSR count). The average Bonchev–Trinajstić information content (AvgIpc) is 2.77. The van der Waals surface area contributed by atoms with Gasteiger partial charge in [0.1, 0.15) is 5.82 Å². The lowest BCUT2D eigenvalue weighted by atomic mass is 10.2. The number of aromatic nitrogens is 2. The molecule has 2 aromatic carbocycles. The summed E-state index contributed by atoms with van der Waals surface area (Å²) in [7, 11) is 0. The second-order valence-corrected chi connectivity index (χ2v) is 5.10. The summed E-state index contributed by atoms with van der Waals surface area (Å²) in [5, 5.41) is 0. The quantitative estimate of drug-likeness (QED) is 0.688. The molecule has 0 atom stereocenters. The first kappa shape index (κ1) is 11.5. The number of rotatable bonds is 2. The molecular formula is C15H13BrN2. The lowest BCUT2D eigenvalue weighted by Crippen LogP contribution is -1.99. The average molecular weight is 301 g/mol. The van der Waals surface area contributed by atoms with Gasteiger partial charge in [-0.15, -0.1) is 0 Å². The van der Waals surface area contributed by atoms with Crippen molar-refractivity contribution >= 4 is 27.0 Å². The molecule has 0 radical (unpaired) electrons. The maximum Gasteiger partial charge on any atom is 0.114 e. The Morgan fingerprint density at radius 1 is 1.11 bits per heavy atom. The monoisotopic (exact) mass is 300 g/mol. The van der Waals surface area contributed by atoms with Crippen LogP contribution in [0.4, 0.5) is 0 Å². The van der Waals surface area contributed by atoms with Crippen LogP contribution < -0.4 is 0 Å². The smallest absolute Gasteiger partial charge is 0.114 e. The number of hydrogen-bond donors (Lipinski definition) is 0. The minimum absolute atomic E-state index is 0.918. The van der Waals surface area contributed by atoms with Crippen molar-refractivity contribution in [3.63, 3.8) is 0 Å². The van der Waals surface area contributed by atoms with E-state index in [0.29, 0.717) is 0 Å². The van der Waals surface area contributed by atoms with Gasteiger partial charge in [0.05, 0.1) is 11.0 Å². The minimum atomic E-state index is 0.918. The highest BCUT2D eigenvalue weighted by Crippen LogP contribution is 2.23. The van der Waals surface area contributed by atoms with Gasteiger partial charge in [0, 0.05) is 16.6 Å². The molecule has 1 aromatic heterocycles. The Morgan fingerprint density at radius 2 is 1.94 bits per heavy atom. The minimum Gasteiger partial charge on any atom is -0.296 e. The second-order valence-electron chi connectivity index (χ2n) is 4.19. The highest BCUT2D eigenvalue weighted by Gasteiger charge is 2.10. The Hall–Kier alpha value is -1.61. The van der Waals surface area contributed by atoms with E-state index in [4.69, 9.17) is 0 Å². The van der Waals surface area contributed by atoms with Crippen molar-refractivity contribution in [2.75, 3.05) is 0 Å². The van der Waals surface area contributed by atoms with E-state index < -0.39 is 0 Å². The number of nitrogens with zero attached hydrogens (tertiary/aromatic N) is 2. The van der Waals surface area contributed by atoms with Crippen molar-refractivity contribution in [3.8, 4) is 5.69 Å². The predicted octanol–water partition coefficient (Wildman–Crippen LogP) is 4.35. The number of imidazole rings is 1. The van der Waals surface area contributed by atoms with Crippen LogP contribution in [0.2, 0.25) is 0 Å². The first-order valence-corrected chi connectivity index (χ1v) is 6.81. The molecule has 3 aromatic rings. The number of benzene rings is 2. The summed E-state index contributed by atoms with van der Waals surface area (Å²) < 4.78 is 3.31. The normalized spacial score (nSPS) is 11.0. The summed E-state index contributed by atoms with van der Waals surface area (Å²) in [6.45, 7) is 2.13. The molecule has 0 spiro atoms. The molecule has 90 valence electrons. The summed E-state index contributed by atoms with van der Waals surface area (Å²) >= 11 is 3.52. The maximum absolute atomic E-state index is 4.68. The molecular weight excluding hydrogens is 288 g/mol. The SMILES string of the molecule is CCc1nc2ccccc2n1-c1cccc(Br)c1. The molecule has 0 aliphatic rings. The third-order valence-electron chi connectivity index (χ3n) is 3.01. The number of aryl methyl sites for hydroxylation is 1. The van der Waals surface area contributed by atoms with Gasteiger partial charge in [0.15, 0.2) is 0 Å². The fourth-order valence-corrected chi connectivity index (χ4v) is 2.60. The number of fused-ring (bicyclic) bond motifs is 1. The molecule has 3 heteroatoms. The Kier molecular flexibility index (Phi) is 2.92. The van der Waals surface area contributed by atoms with Crippen LogP contribution in [0.15, 0.2) is 53.0 Å². The standard InChI is InChI=1S/C15H13BrN2/c1-2-15-17-13-8-3-4-9-14(13)18(15)12-7-5-6-11(16)10-12/h3-10H,2H2,1H3. The van der Waals surface area contributed by atoms with E-state index in [-0.39, 0.29) is 0 Å².